The Bertz CT molecular complexity index is 439. The number of nitrogens with zero attached hydrogens (tertiary/aromatic N) is 1. The van der Waals surface area contributed by atoms with E-state index in [9.17, 15) is 13.2 Å². The van der Waals surface area contributed by atoms with Crippen LogP contribution in [0.1, 0.15) is 22.2 Å². The fourth-order valence-electron chi connectivity index (χ4n) is 1.61. The van der Waals surface area contributed by atoms with E-state index in [1.807, 2.05) is 0 Å². The van der Waals surface area contributed by atoms with Gasteiger partial charge in [0.2, 0.25) is 0 Å². The molecule has 0 spiro atoms. The van der Waals surface area contributed by atoms with Gasteiger partial charge in [0.1, 0.15) is 5.50 Å². The van der Waals surface area contributed by atoms with Gasteiger partial charge in [0.15, 0.2) is 0 Å². The molecule has 0 saturated carbocycles. The van der Waals surface area contributed by atoms with Gasteiger partial charge in [-0.3, -0.25) is 0 Å². The molecule has 5 heteroatoms. The summed E-state index contributed by atoms with van der Waals surface area (Å²) in [4.78, 5) is 1.73. The number of rotatable bonds is 0. The number of hydrogen-bond acceptors (Lipinski definition) is 1. The normalized spacial score (nSPS) is 19.8. The Morgan fingerprint density at radius 3 is 2.62 bits per heavy atom. The Kier molecular flexibility index (Phi) is 2.62. The predicted octanol–water partition coefficient (Wildman–Crippen LogP) is 3.86. The van der Waals surface area contributed by atoms with Crippen LogP contribution in [0.4, 0.5) is 13.2 Å². The summed E-state index contributed by atoms with van der Waals surface area (Å²) in [6.45, 7) is 0. The molecule has 0 fully saturated rings. The van der Waals surface area contributed by atoms with E-state index in [4.69, 9.17) is 11.6 Å². The van der Waals surface area contributed by atoms with Crippen molar-refractivity contribution in [2.45, 2.75) is 11.7 Å². The van der Waals surface area contributed by atoms with Crippen molar-refractivity contribution in [2.24, 2.45) is 0 Å². The van der Waals surface area contributed by atoms with Crippen molar-refractivity contribution in [1.82, 2.24) is 4.90 Å². The first-order valence-corrected chi connectivity index (χ1v) is 5.08. The van der Waals surface area contributed by atoms with E-state index >= 15 is 0 Å². The van der Waals surface area contributed by atoms with E-state index in [0.29, 0.717) is 11.1 Å². The fraction of sp³-hybridized carbons (Fsp3) is 0.273. The SMILES string of the molecule is CN1C=Cc2cc(C(F)(F)F)ccc2C1Cl. The Morgan fingerprint density at radius 1 is 1.31 bits per heavy atom. The highest BCUT2D eigenvalue weighted by molar-refractivity contribution is 6.21. The molecule has 0 aromatic heterocycles. The molecule has 1 nitrogen and oxygen atoms in total. The van der Waals surface area contributed by atoms with Crippen LogP contribution >= 0.6 is 11.6 Å². The average molecular weight is 248 g/mol. The van der Waals surface area contributed by atoms with Crippen molar-refractivity contribution >= 4 is 17.7 Å². The largest absolute Gasteiger partial charge is 0.416 e. The van der Waals surface area contributed by atoms with Crippen LogP contribution in [0.25, 0.3) is 6.08 Å². The molecule has 1 aromatic carbocycles. The van der Waals surface area contributed by atoms with Crippen molar-refractivity contribution in [3.8, 4) is 0 Å². The van der Waals surface area contributed by atoms with E-state index in [-0.39, 0.29) is 0 Å². The Morgan fingerprint density at radius 2 is 2.00 bits per heavy atom. The van der Waals surface area contributed by atoms with Crippen LogP contribution in [0.15, 0.2) is 24.4 Å². The third kappa shape index (κ3) is 1.89. The summed E-state index contributed by atoms with van der Waals surface area (Å²) >= 11 is 6.06. The molecular formula is C11H9ClF3N. The van der Waals surface area contributed by atoms with Gasteiger partial charge in [-0.25, -0.2) is 0 Å². The Hall–Kier alpha value is -1.16. The quantitative estimate of drug-likeness (QED) is 0.497. The highest BCUT2D eigenvalue weighted by Gasteiger charge is 2.31. The van der Waals surface area contributed by atoms with Crippen molar-refractivity contribution in [1.29, 1.82) is 0 Å². The van der Waals surface area contributed by atoms with Crippen LogP contribution in [0.2, 0.25) is 0 Å². The third-order valence-electron chi connectivity index (χ3n) is 2.52. The summed E-state index contributed by atoms with van der Waals surface area (Å²) in [6, 6.07) is 3.60. The lowest BCUT2D eigenvalue weighted by atomic mass is 10.0. The molecule has 0 amide bonds. The molecule has 1 aliphatic heterocycles. The number of fused-ring (bicyclic) bond motifs is 1. The Balaban J connectivity index is 2.48. The van der Waals surface area contributed by atoms with Crippen LogP contribution in [0.5, 0.6) is 0 Å². The van der Waals surface area contributed by atoms with Crippen LogP contribution in [-0.2, 0) is 6.18 Å². The van der Waals surface area contributed by atoms with E-state index in [0.717, 1.165) is 12.1 Å². The van der Waals surface area contributed by atoms with Gasteiger partial charge in [-0.2, -0.15) is 13.2 Å². The monoisotopic (exact) mass is 247 g/mol. The second-order valence-corrected chi connectivity index (χ2v) is 4.07. The van der Waals surface area contributed by atoms with Gasteiger partial charge in [-0.1, -0.05) is 17.7 Å². The van der Waals surface area contributed by atoms with Crippen LogP contribution in [-0.4, -0.2) is 11.9 Å². The van der Waals surface area contributed by atoms with Crippen LogP contribution in [0, 0.1) is 0 Å². The van der Waals surface area contributed by atoms with E-state index in [1.54, 1.807) is 24.2 Å². The standard InChI is InChI=1S/C11H9ClF3N/c1-16-5-4-7-6-8(11(13,14)15)2-3-9(7)10(16)12/h2-6,10H,1H3. The number of hydrogen-bond donors (Lipinski definition) is 0. The zero-order valence-electron chi connectivity index (χ0n) is 8.42. The van der Waals surface area contributed by atoms with E-state index < -0.39 is 17.2 Å². The highest BCUT2D eigenvalue weighted by atomic mass is 35.5. The maximum atomic E-state index is 12.5. The molecule has 1 aromatic rings. The van der Waals surface area contributed by atoms with Crippen molar-refractivity contribution in [2.75, 3.05) is 7.05 Å². The van der Waals surface area contributed by atoms with Crippen LogP contribution in [0.3, 0.4) is 0 Å². The summed E-state index contributed by atoms with van der Waals surface area (Å²) in [7, 11) is 1.77. The number of halogens is 4. The first kappa shape index (κ1) is 11.3. The molecule has 1 atom stereocenters. The minimum atomic E-state index is -4.31. The maximum Gasteiger partial charge on any atom is 0.416 e. The molecule has 16 heavy (non-hydrogen) atoms. The first-order valence-electron chi connectivity index (χ1n) is 4.65. The summed E-state index contributed by atoms with van der Waals surface area (Å²) in [5.74, 6) is 0. The molecule has 0 aliphatic carbocycles. The fourth-order valence-corrected chi connectivity index (χ4v) is 1.87. The summed E-state index contributed by atoms with van der Waals surface area (Å²) in [5.41, 5.74) is 0.152. The molecule has 1 heterocycles. The van der Waals surface area contributed by atoms with Gasteiger partial charge in [0.25, 0.3) is 0 Å². The molecule has 1 unspecified atom stereocenters. The van der Waals surface area contributed by atoms with Gasteiger partial charge < -0.3 is 4.90 Å². The topological polar surface area (TPSA) is 3.24 Å². The second kappa shape index (κ2) is 3.70. The molecule has 86 valence electrons. The van der Waals surface area contributed by atoms with E-state index in [1.165, 1.54) is 6.07 Å². The van der Waals surface area contributed by atoms with E-state index in [2.05, 4.69) is 0 Å². The molecule has 0 N–H and O–H groups in total. The number of benzene rings is 1. The first-order chi connectivity index (χ1) is 7.39. The van der Waals surface area contributed by atoms with Crippen LogP contribution < -0.4 is 0 Å². The van der Waals surface area contributed by atoms with Crippen molar-refractivity contribution < 1.29 is 13.2 Å². The lowest BCUT2D eigenvalue weighted by Gasteiger charge is -2.27. The molecule has 1 aliphatic rings. The molecule has 0 radical (unpaired) electrons. The zero-order chi connectivity index (χ0) is 11.9. The van der Waals surface area contributed by atoms with Gasteiger partial charge in [0.05, 0.1) is 5.56 Å². The van der Waals surface area contributed by atoms with Crippen molar-refractivity contribution in [3.05, 3.63) is 41.1 Å². The molecule has 0 saturated heterocycles. The lowest BCUT2D eigenvalue weighted by molar-refractivity contribution is -0.137. The third-order valence-corrected chi connectivity index (χ3v) is 3.06. The summed E-state index contributed by atoms with van der Waals surface area (Å²) < 4.78 is 37.4. The van der Waals surface area contributed by atoms with Gasteiger partial charge in [-0.15, -0.1) is 0 Å². The maximum absolute atomic E-state index is 12.5. The lowest BCUT2D eigenvalue weighted by Crippen LogP contribution is -2.18. The number of alkyl halides is 4. The Labute approximate surface area is 96.1 Å². The zero-order valence-corrected chi connectivity index (χ0v) is 9.18. The van der Waals surface area contributed by atoms with Gasteiger partial charge in [0, 0.05) is 13.2 Å². The van der Waals surface area contributed by atoms with Gasteiger partial charge >= 0.3 is 6.18 Å². The smallest absolute Gasteiger partial charge is 0.361 e. The minimum absolute atomic E-state index is 0.415. The molecule has 2 rings (SSSR count). The highest BCUT2D eigenvalue weighted by Crippen LogP contribution is 2.36. The van der Waals surface area contributed by atoms with Crippen molar-refractivity contribution in [3.63, 3.8) is 0 Å². The summed E-state index contributed by atoms with van der Waals surface area (Å²) in [5, 5.41) is 0. The average Bonchev–Trinajstić information content (AvgIpc) is 2.22. The summed E-state index contributed by atoms with van der Waals surface area (Å²) in [6.07, 6.45) is -1.02. The predicted molar refractivity (Wildman–Crippen MR) is 56.8 cm³/mol. The molecular weight excluding hydrogens is 239 g/mol. The van der Waals surface area contributed by atoms with Gasteiger partial charge in [-0.05, 0) is 29.3 Å². The second-order valence-electron chi connectivity index (χ2n) is 3.66. The minimum Gasteiger partial charge on any atom is -0.361 e. The molecule has 0 bridgehead atoms.